The maximum Gasteiger partial charge on any atom is 0.273 e. The second-order valence-electron chi connectivity index (χ2n) is 5.20. The number of amides is 1. The molecule has 0 saturated carbocycles. The molecule has 1 aromatic carbocycles. The molecule has 1 aliphatic rings. The first-order chi connectivity index (χ1) is 10.7. The standard InChI is InChI=1S/C16H17FN2O2S/c17-12-6-2-3-7-14(12)21-10-15-18-13(11-22-15)16(20)19-8-4-1-5-9-19/h2-3,6-7,11H,1,4-5,8-10H2. The van der Waals surface area contributed by atoms with E-state index < -0.39 is 5.82 Å². The SMILES string of the molecule is O=C(c1csc(COc2ccccc2F)n1)N1CCCCC1. The van der Waals surface area contributed by atoms with E-state index in [1.807, 2.05) is 4.90 Å². The molecule has 0 N–H and O–H groups in total. The van der Waals surface area contributed by atoms with Crippen LogP contribution in [0.5, 0.6) is 5.75 Å². The number of para-hydroxylation sites is 1. The smallest absolute Gasteiger partial charge is 0.273 e. The summed E-state index contributed by atoms with van der Waals surface area (Å²) in [7, 11) is 0. The Morgan fingerprint density at radius 2 is 2.05 bits per heavy atom. The molecule has 0 radical (unpaired) electrons. The van der Waals surface area contributed by atoms with Crippen molar-refractivity contribution >= 4 is 17.2 Å². The van der Waals surface area contributed by atoms with Crippen molar-refractivity contribution in [3.05, 3.63) is 46.2 Å². The molecular weight excluding hydrogens is 303 g/mol. The van der Waals surface area contributed by atoms with Gasteiger partial charge in [-0.15, -0.1) is 11.3 Å². The highest BCUT2D eigenvalue weighted by Crippen LogP contribution is 2.20. The van der Waals surface area contributed by atoms with Gasteiger partial charge < -0.3 is 9.64 Å². The quantitative estimate of drug-likeness (QED) is 0.866. The van der Waals surface area contributed by atoms with E-state index in [0.29, 0.717) is 10.7 Å². The van der Waals surface area contributed by atoms with Crippen LogP contribution >= 0.6 is 11.3 Å². The molecule has 1 aliphatic heterocycles. The molecule has 0 atom stereocenters. The first-order valence-corrected chi connectivity index (χ1v) is 8.23. The van der Waals surface area contributed by atoms with Crippen LogP contribution in [0.1, 0.15) is 34.8 Å². The zero-order chi connectivity index (χ0) is 15.4. The summed E-state index contributed by atoms with van der Waals surface area (Å²) < 4.78 is 18.9. The fraction of sp³-hybridized carbons (Fsp3) is 0.375. The zero-order valence-corrected chi connectivity index (χ0v) is 12.9. The van der Waals surface area contributed by atoms with Gasteiger partial charge in [0.1, 0.15) is 17.3 Å². The highest BCUT2D eigenvalue weighted by atomic mass is 32.1. The number of aromatic nitrogens is 1. The van der Waals surface area contributed by atoms with Crippen LogP contribution in [0.2, 0.25) is 0 Å². The van der Waals surface area contributed by atoms with Gasteiger partial charge in [0.25, 0.3) is 5.91 Å². The van der Waals surface area contributed by atoms with Crippen molar-refractivity contribution in [3.63, 3.8) is 0 Å². The topological polar surface area (TPSA) is 42.4 Å². The average molecular weight is 320 g/mol. The number of benzene rings is 1. The molecule has 1 amide bonds. The minimum Gasteiger partial charge on any atom is -0.483 e. The van der Waals surface area contributed by atoms with Crippen molar-refractivity contribution in [2.24, 2.45) is 0 Å². The number of halogens is 1. The maximum atomic E-state index is 13.5. The first kappa shape index (κ1) is 15.0. The number of carbonyl (C=O) groups is 1. The van der Waals surface area contributed by atoms with Crippen LogP contribution < -0.4 is 4.74 Å². The Morgan fingerprint density at radius 3 is 2.82 bits per heavy atom. The van der Waals surface area contributed by atoms with Gasteiger partial charge in [0.05, 0.1) is 0 Å². The molecule has 116 valence electrons. The summed E-state index contributed by atoms with van der Waals surface area (Å²) in [5, 5.41) is 2.42. The molecular formula is C16H17FN2O2S. The monoisotopic (exact) mass is 320 g/mol. The number of thiazole rings is 1. The molecule has 0 bridgehead atoms. The van der Waals surface area contributed by atoms with Crippen molar-refractivity contribution in [2.75, 3.05) is 13.1 Å². The van der Waals surface area contributed by atoms with Gasteiger partial charge in [-0.05, 0) is 31.4 Å². The molecule has 4 nitrogen and oxygen atoms in total. The van der Waals surface area contributed by atoms with Crippen molar-refractivity contribution in [1.82, 2.24) is 9.88 Å². The van der Waals surface area contributed by atoms with Crippen LogP contribution in [0.4, 0.5) is 4.39 Å². The van der Waals surface area contributed by atoms with Gasteiger partial charge in [-0.25, -0.2) is 9.37 Å². The maximum absolute atomic E-state index is 13.5. The third-order valence-corrected chi connectivity index (χ3v) is 4.42. The molecule has 1 aromatic heterocycles. The first-order valence-electron chi connectivity index (χ1n) is 7.35. The number of hydrogen-bond acceptors (Lipinski definition) is 4. The third kappa shape index (κ3) is 3.44. The van der Waals surface area contributed by atoms with E-state index >= 15 is 0 Å². The number of carbonyl (C=O) groups excluding carboxylic acids is 1. The fourth-order valence-electron chi connectivity index (χ4n) is 2.44. The lowest BCUT2D eigenvalue weighted by molar-refractivity contribution is 0.0719. The normalized spacial score (nSPS) is 14.9. The van der Waals surface area contributed by atoms with Gasteiger partial charge in [0.2, 0.25) is 0 Å². The minimum atomic E-state index is -0.399. The van der Waals surface area contributed by atoms with Crippen LogP contribution in [0, 0.1) is 5.82 Å². The molecule has 6 heteroatoms. The van der Waals surface area contributed by atoms with Crippen molar-refractivity contribution in [2.45, 2.75) is 25.9 Å². The summed E-state index contributed by atoms with van der Waals surface area (Å²) in [6.45, 7) is 1.77. The Labute approximate surface area is 132 Å². The summed E-state index contributed by atoms with van der Waals surface area (Å²) >= 11 is 1.36. The summed E-state index contributed by atoms with van der Waals surface area (Å²) in [4.78, 5) is 18.5. The van der Waals surface area contributed by atoms with Gasteiger partial charge in [-0.2, -0.15) is 0 Å². The number of rotatable bonds is 4. The molecule has 0 aliphatic carbocycles. The number of likely N-dealkylation sites (tertiary alicyclic amines) is 1. The third-order valence-electron chi connectivity index (χ3n) is 3.60. The summed E-state index contributed by atoms with van der Waals surface area (Å²) in [5.41, 5.74) is 0.457. The van der Waals surface area contributed by atoms with Gasteiger partial charge in [0, 0.05) is 18.5 Å². The van der Waals surface area contributed by atoms with Gasteiger partial charge in [-0.1, -0.05) is 12.1 Å². The molecule has 1 saturated heterocycles. The Kier molecular flexibility index (Phi) is 4.68. The molecule has 2 aromatic rings. The van der Waals surface area contributed by atoms with E-state index in [-0.39, 0.29) is 18.3 Å². The van der Waals surface area contributed by atoms with Crippen molar-refractivity contribution in [1.29, 1.82) is 0 Å². The lowest BCUT2D eigenvalue weighted by Crippen LogP contribution is -2.35. The second kappa shape index (κ2) is 6.87. The van der Waals surface area contributed by atoms with E-state index in [1.54, 1.807) is 23.6 Å². The van der Waals surface area contributed by atoms with Crippen LogP contribution in [-0.4, -0.2) is 28.9 Å². The van der Waals surface area contributed by atoms with E-state index in [4.69, 9.17) is 4.74 Å². The summed E-state index contributed by atoms with van der Waals surface area (Å²) in [6, 6.07) is 6.25. The van der Waals surface area contributed by atoms with E-state index in [0.717, 1.165) is 25.9 Å². The lowest BCUT2D eigenvalue weighted by atomic mass is 10.1. The van der Waals surface area contributed by atoms with E-state index in [2.05, 4.69) is 4.98 Å². The molecule has 22 heavy (non-hydrogen) atoms. The van der Waals surface area contributed by atoms with E-state index in [1.165, 1.54) is 23.8 Å². The van der Waals surface area contributed by atoms with Crippen LogP contribution in [0.3, 0.4) is 0 Å². The summed E-state index contributed by atoms with van der Waals surface area (Å²) in [6.07, 6.45) is 3.29. The molecule has 1 fully saturated rings. The number of ether oxygens (including phenoxy) is 1. The van der Waals surface area contributed by atoms with Crippen LogP contribution in [0.25, 0.3) is 0 Å². The second-order valence-corrected chi connectivity index (χ2v) is 6.14. The molecule has 0 unspecified atom stereocenters. The van der Waals surface area contributed by atoms with E-state index in [9.17, 15) is 9.18 Å². The highest BCUT2D eigenvalue weighted by molar-refractivity contribution is 7.09. The number of hydrogen-bond donors (Lipinski definition) is 0. The average Bonchev–Trinajstić information content (AvgIpc) is 3.03. The fourth-order valence-corrected chi connectivity index (χ4v) is 3.11. The van der Waals surface area contributed by atoms with Gasteiger partial charge in [0.15, 0.2) is 11.6 Å². The largest absolute Gasteiger partial charge is 0.483 e. The Bertz CT molecular complexity index is 653. The lowest BCUT2D eigenvalue weighted by Gasteiger charge is -2.25. The van der Waals surface area contributed by atoms with Gasteiger partial charge in [-0.3, -0.25) is 4.79 Å². The Hall–Kier alpha value is -1.95. The van der Waals surface area contributed by atoms with Gasteiger partial charge >= 0.3 is 0 Å². The van der Waals surface area contributed by atoms with Crippen LogP contribution in [0.15, 0.2) is 29.6 Å². The number of piperidine rings is 1. The molecule has 3 rings (SSSR count). The van der Waals surface area contributed by atoms with Crippen molar-refractivity contribution in [3.8, 4) is 5.75 Å². The Morgan fingerprint density at radius 1 is 1.27 bits per heavy atom. The Balaban J connectivity index is 1.61. The predicted octanol–water partition coefficient (Wildman–Crippen LogP) is 3.49. The molecule has 2 heterocycles. The predicted molar refractivity (Wildman–Crippen MR) is 82.6 cm³/mol. The van der Waals surface area contributed by atoms with Crippen molar-refractivity contribution < 1.29 is 13.9 Å². The zero-order valence-electron chi connectivity index (χ0n) is 12.1. The van der Waals surface area contributed by atoms with Crippen LogP contribution in [-0.2, 0) is 6.61 Å². The minimum absolute atomic E-state index is 0.0203. The highest BCUT2D eigenvalue weighted by Gasteiger charge is 2.20. The molecule has 0 spiro atoms. The summed E-state index contributed by atoms with van der Waals surface area (Å²) in [5.74, 6) is -0.224. The number of nitrogens with zero attached hydrogens (tertiary/aromatic N) is 2.